The Morgan fingerprint density at radius 1 is 0.960 bits per heavy atom. The molecule has 2 aromatic carbocycles. The number of benzene rings is 2. The lowest BCUT2D eigenvalue weighted by atomic mass is 10.1. The van der Waals surface area contributed by atoms with E-state index in [2.05, 4.69) is 10.6 Å². The van der Waals surface area contributed by atoms with Gasteiger partial charge in [-0.25, -0.2) is 0 Å². The molecule has 0 saturated carbocycles. The second-order valence-electron chi connectivity index (χ2n) is 6.04. The molecule has 132 valence electrons. The zero-order valence-electron chi connectivity index (χ0n) is 14.9. The van der Waals surface area contributed by atoms with Gasteiger partial charge >= 0.3 is 0 Å². The fourth-order valence-corrected chi connectivity index (χ4v) is 2.65. The highest BCUT2D eigenvalue weighted by atomic mass is 16.5. The quantitative estimate of drug-likeness (QED) is 0.814. The summed E-state index contributed by atoms with van der Waals surface area (Å²) < 4.78 is 5.15. The highest BCUT2D eigenvalue weighted by Crippen LogP contribution is 2.10. The molecule has 0 fully saturated rings. The molecule has 0 bridgehead atoms. The molecule has 0 saturated heterocycles. The van der Waals surface area contributed by atoms with E-state index in [0.29, 0.717) is 18.7 Å². The van der Waals surface area contributed by atoms with Crippen LogP contribution in [0.2, 0.25) is 0 Å². The van der Waals surface area contributed by atoms with Crippen LogP contribution in [0.25, 0.3) is 0 Å². The maximum Gasteiger partial charge on any atom is 0.251 e. The van der Waals surface area contributed by atoms with Gasteiger partial charge in [0.2, 0.25) is 5.91 Å². The van der Waals surface area contributed by atoms with Crippen molar-refractivity contribution in [1.29, 1.82) is 0 Å². The number of nitrogens with one attached hydrogen (secondary N) is 2. The molecule has 5 nitrogen and oxygen atoms in total. The maximum atomic E-state index is 12.2. The molecule has 2 rings (SSSR count). The van der Waals surface area contributed by atoms with Gasteiger partial charge in [-0.3, -0.25) is 9.59 Å². The third-order valence-electron chi connectivity index (χ3n) is 3.79. The fourth-order valence-electron chi connectivity index (χ4n) is 2.65. The SMILES string of the molecule is COCc1ccccc1CNC(=O)CNC(=O)c1cc(C)cc(C)c1. The van der Waals surface area contributed by atoms with Crippen LogP contribution in [0.3, 0.4) is 0 Å². The third kappa shape index (κ3) is 5.72. The molecule has 5 heteroatoms. The van der Waals surface area contributed by atoms with Crippen LogP contribution in [0.5, 0.6) is 0 Å². The monoisotopic (exact) mass is 340 g/mol. The number of aryl methyl sites for hydroxylation is 2. The summed E-state index contributed by atoms with van der Waals surface area (Å²) in [6, 6.07) is 13.4. The van der Waals surface area contributed by atoms with Crippen LogP contribution in [-0.2, 0) is 22.7 Å². The Labute approximate surface area is 148 Å². The van der Waals surface area contributed by atoms with E-state index in [1.54, 1.807) is 19.2 Å². The Balaban J connectivity index is 1.85. The minimum absolute atomic E-state index is 0.0573. The van der Waals surface area contributed by atoms with Crippen LogP contribution < -0.4 is 10.6 Å². The number of methoxy groups -OCH3 is 1. The van der Waals surface area contributed by atoms with Gasteiger partial charge in [-0.15, -0.1) is 0 Å². The van der Waals surface area contributed by atoms with E-state index in [-0.39, 0.29) is 18.4 Å². The Kier molecular flexibility index (Phi) is 6.71. The van der Waals surface area contributed by atoms with Crippen molar-refractivity contribution in [3.63, 3.8) is 0 Å². The molecule has 0 heterocycles. The Morgan fingerprint density at radius 3 is 2.24 bits per heavy atom. The zero-order valence-corrected chi connectivity index (χ0v) is 14.9. The van der Waals surface area contributed by atoms with Crippen molar-refractivity contribution in [3.05, 3.63) is 70.3 Å². The standard InChI is InChI=1S/C20H24N2O3/c1-14-8-15(2)10-18(9-14)20(24)22-12-19(23)21-11-16-6-4-5-7-17(16)13-25-3/h4-10H,11-13H2,1-3H3,(H,21,23)(H,22,24). The summed E-state index contributed by atoms with van der Waals surface area (Å²) >= 11 is 0. The zero-order chi connectivity index (χ0) is 18.2. The van der Waals surface area contributed by atoms with Crippen LogP contribution in [0, 0.1) is 13.8 Å². The summed E-state index contributed by atoms with van der Waals surface area (Å²) in [6.07, 6.45) is 0. The number of amides is 2. The van der Waals surface area contributed by atoms with Crippen molar-refractivity contribution >= 4 is 11.8 Å². The lowest BCUT2D eigenvalue weighted by molar-refractivity contribution is -0.120. The Hall–Kier alpha value is -2.66. The smallest absolute Gasteiger partial charge is 0.251 e. The second kappa shape index (κ2) is 8.99. The molecule has 0 aromatic heterocycles. The number of rotatable bonds is 7. The first kappa shape index (κ1) is 18.7. The number of carbonyl (C=O) groups excluding carboxylic acids is 2. The lowest BCUT2D eigenvalue weighted by Gasteiger charge is -2.11. The normalized spacial score (nSPS) is 10.4. The maximum absolute atomic E-state index is 12.2. The highest BCUT2D eigenvalue weighted by Gasteiger charge is 2.09. The number of carbonyl (C=O) groups is 2. The van der Waals surface area contributed by atoms with Crippen molar-refractivity contribution < 1.29 is 14.3 Å². The van der Waals surface area contributed by atoms with Gasteiger partial charge in [-0.05, 0) is 37.1 Å². The van der Waals surface area contributed by atoms with Crippen LogP contribution in [0.1, 0.15) is 32.6 Å². The van der Waals surface area contributed by atoms with E-state index in [1.165, 1.54) is 0 Å². The van der Waals surface area contributed by atoms with Crippen molar-refractivity contribution in [3.8, 4) is 0 Å². The summed E-state index contributed by atoms with van der Waals surface area (Å²) in [7, 11) is 1.64. The number of hydrogen-bond acceptors (Lipinski definition) is 3. The van der Waals surface area contributed by atoms with E-state index in [4.69, 9.17) is 4.74 Å². The van der Waals surface area contributed by atoms with Crippen molar-refractivity contribution in [2.24, 2.45) is 0 Å². The minimum Gasteiger partial charge on any atom is -0.380 e. The predicted octanol–water partition coefficient (Wildman–Crippen LogP) is 2.50. The molecule has 0 radical (unpaired) electrons. The molecule has 0 aliphatic carbocycles. The first-order valence-electron chi connectivity index (χ1n) is 8.18. The van der Waals surface area contributed by atoms with E-state index in [1.807, 2.05) is 44.2 Å². The van der Waals surface area contributed by atoms with E-state index < -0.39 is 0 Å². The van der Waals surface area contributed by atoms with E-state index >= 15 is 0 Å². The van der Waals surface area contributed by atoms with Crippen LogP contribution >= 0.6 is 0 Å². The molecular weight excluding hydrogens is 316 g/mol. The molecular formula is C20H24N2O3. The van der Waals surface area contributed by atoms with Gasteiger partial charge < -0.3 is 15.4 Å². The molecule has 2 aromatic rings. The van der Waals surface area contributed by atoms with Crippen LogP contribution in [0.15, 0.2) is 42.5 Å². The topological polar surface area (TPSA) is 67.4 Å². The van der Waals surface area contributed by atoms with Crippen molar-refractivity contribution in [1.82, 2.24) is 10.6 Å². The molecule has 2 amide bonds. The Morgan fingerprint density at radius 2 is 1.60 bits per heavy atom. The van der Waals surface area contributed by atoms with Crippen molar-refractivity contribution in [2.45, 2.75) is 27.0 Å². The van der Waals surface area contributed by atoms with E-state index in [9.17, 15) is 9.59 Å². The summed E-state index contributed by atoms with van der Waals surface area (Å²) in [4.78, 5) is 24.2. The van der Waals surface area contributed by atoms with Gasteiger partial charge in [0, 0.05) is 19.2 Å². The lowest BCUT2D eigenvalue weighted by Crippen LogP contribution is -2.36. The summed E-state index contributed by atoms with van der Waals surface area (Å²) in [6.45, 7) is 4.72. The van der Waals surface area contributed by atoms with Gasteiger partial charge in [0.25, 0.3) is 5.91 Å². The molecule has 0 atom stereocenters. The third-order valence-corrected chi connectivity index (χ3v) is 3.79. The Bertz CT molecular complexity index is 736. The fraction of sp³-hybridized carbons (Fsp3) is 0.300. The van der Waals surface area contributed by atoms with Crippen LogP contribution in [-0.4, -0.2) is 25.5 Å². The summed E-state index contributed by atoms with van der Waals surface area (Å²) in [5.74, 6) is -0.480. The van der Waals surface area contributed by atoms with Gasteiger partial charge in [-0.2, -0.15) is 0 Å². The summed E-state index contributed by atoms with van der Waals surface area (Å²) in [5.41, 5.74) is 4.63. The highest BCUT2D eigenvalue weighted by molar-refractivity contribution is 5.96. The molecule has 0 spiro atoms. The molecule has 0 unspecified atom stereocenters. The van der Waals surface area contributed by atoms with E-state index in [0.717, 1.165) is 22.3 Å². The molecule has 2 N–H and O–H groups in total. The number of ether oxygens (including phenoxy) is 1. The average Bonchev–Trinajstić information content (AvgIpc) is 2.58. The molecule has 25 heavy (non-hydrogen) atoms. The van der Waals surface area contributed by atoms with Gasteiger partial charge in [-0.1, -0.05) is 41.5 Å². The van der Waals surface area contributed by atoms with Gasteiger partial charge in [0.05, 0.1) is 13.2 Å². The predicted molar refractivity (Wildman–Crippen MR) is 97.3 cm³/mol. The summed E-state index contributed by atoms with van der Waals surface area (Å²) in [5, 5.41) is 5.47. The first-order valence-corrected chi connectivity index (χ1v) is 8.18. The largest absolute Gasteiger partial charge is 0.380 e. The number of hydrogen-bond donors (Lipinski definition) is 2. The average molecular weight is 340 g/mol. The first-order chi connectivity index (χ1) is 12.0. The minimum atomic E-state index is -0.248. The molecule has 0 aliphatic rings. The second-order valence-corrected chi connectivity index (χ2v) is 6.04. The van der Waals surface area contributed by atoms with Gasteiger partial charge in [0.15, 0.2) is 0 Å². The van der Waals surface area contributed by atoms with Crippen molar-refractivity contribution in [2.75, 3.05) is 13.7 Å². The van der Waals surface area contributed by atoms with Crippen LogP contribution in [0.4, 0.5) is 0 Å². The molecule has 0 aliphatic heterocycles. The van der Waals surface area contributed by atoms with Gasteiger partial charge in [0.1, 0.15) is 0 Å².